The van der Waals surface area contributed by atoms with E-state index < -0.39 is 10.0 Å². The zero-order valence-corrected chi connectivity index (χ0v) is 14.3. The molecule has 0 saturated heterocycles. The van der Waals surface area contributed by atoms with Crippen LogP contribution in [-0.2, 0) is 21.3 Å². The molecule has 0 aliphatic rings. The van der Waals surface area contributed by atoms with Gasteiger partial charge in [0.25, 0.3) is 0 Å². The van der Waals surface area contributed by atoms with Gasteiger partial charge in [-0.05, 0) is 33.4 Å². The van der Waals surface area contributed by atoms with Crippen LogP contribution >= 0.6 is 0 Å². The monoisotopic (exact) mass is 317 g/mol. The number of sulfonamides is 1. The highest BCUT2D eigenvalue weighted by Gasteiger charge is 2.22. The summed E-state index contributed by atoms with van der Waals surface area (Å²) in [7, 11) is -0.116. The van der Waals surface area contributed by atoms with Crippen LogP contribution in [0, 0.1) is 0 Å². The summed E-state index contributed by atoms with van der Waals surface area (Å²) in [6, 6.07) is 1.71. The second kappa shape index (κ2) is 7.93. The van der Waals surface area contributed by atoms with Gasteiger partial charge in [-0.25, -0.2) is 13.1 Å². The van der Waals surface area contributed by atoms with Crippen molar-refractivity contribution in [2.45, 2.75) is 50.7 Å². The molecule has 0 spiro atoms. The maximum absolute atomic E-state index is 12.5. The van der Waals surface area contributed by atoms with Gasteiger partial charge in [-0.3, -0.25) is 0 Å². The molecular weight excluding hydrogens is 290 g/mol. The van der Waals surface area contributed by atoms with Crippen molar-refractivity contribution in [2.24, 2.45) is 0 Å². The molecule has 0 saturated carbocycles. The van der Waals surface area contributed by atoms with E-state index in [2.05, 4.69) is 10.0 Å². The van der Waals surface area contributed by atoms with Crippen LogP contribution in [0.15, 0.2) is 17.2 Å². The molecule has 0 radical (unpaired) electrons. The van der Waals surface area contributed by atoms with E-state index in [0.29, 0.717) is 24.5 Å². The van der Waals surface area contributed by atoms with Gasteiger partial charge in [0.2, 0.25) is 10.0 Å². The van der Waals surface area contributed by atoms with Crippen LogP contribution < -0.4 is 10.0 Å². The Morgan fingerprint density at radius 3 is 2.52 bits per heavy atom. The lowest BCUT2D eigenvalue weighted by atomic mass is 10.3. The average Bonchev–Trinajstić information content (AvgIpc) is 2.83. The van der Waals surface area contributed by atoms with Gasteiger partial charge in [-0.2, -0.15) is 0 Å². The first-order valence-corrected chi connectivity index (χ1v) is 8.70. The van der Waals surface area contributed by atoms with Gasteiger partial charge in [-0.1, -0.05) is 6.92 Å². The van der Waals surface area contributed by atoms with Crippen LogP contribution in [-0.4, -0.2) is 39.8 Å². The van der Waals surface area contributed by atoms with Crippen molar-refractivity contribution < 1.29 is 13.2 Å². The minimum absolute atomic E-state index is 0.207. The van der Waals surface area contributed by atoms with Gasteiger partial charge in [0.15, 0.2) is 0 Å². The number of rotatable bonds is 9. The van der Waals surface area contributed by atoms with E-state index in [4.69, 9.17) is 4.74 Å². The van der Waals surface area contributed by atoms with Gasteiger partial charge >= 0.3 is 0 Å². The molecule has 1 unspecified atom stereocenters. The summed E-state index contributed by atoms with van der Waals surface area (Å²) < 4.78 is 34.6. The molecule has 1 rings (SSSR count). The molecular formula is C14H27N3O3S. The topological polar surface area (TPSA) is 72.4 Å². The third-order valence-electron chi connectivity index (χ3n) is 3.31. The number of nitrogens with one attached hydrogen (secondary N) is 2. The SMILES string of the molecule is CCC(COC)NS(=O)(=O)c1cc(CNC)n(C(C)C)c1. The first-order chi connectivity index (χ1) is 9.85. The number of nitrogens with zero attached hydrogens (tertiary/aromatic N) is 1. The molecule has 122 valence electrons. The minimum Gasteiger partial charge on any atom is -0.383 e. The molecule has 1 aromatic heterocycles. The molecule has 6 nitrogen and oxygen atoms in total. The Balaban J connectivity index is 3.05. The second-order valence-electron chi connectivity index (χ2n) is 5.38. The first-order valence-electron chi connectivity index (χ1n) is 7.22. The van der Waals surface area contributed by atoms with Crippen molar-refractivity contribution in [1.29, 1.82) is 0 Å². The third-order valence-corrected chi connectivity index (χ3v) is 4.80. The number of hydrogen-bond donors (Lipinski definition) is 2. The Morgan fingerprint density at radius 2 is 2.05 bits per heavy atom. The minimum atomic E-state index is -3.53. The smallest absolute Gasteiger partial charge is 0.242 e. The fourth-order valence-electron chi connectivity index (χ4n) is 2.17. The van der Waals surface area contributed by atoms with E-state index in [0.717, 1.165) is 5.69 Å². The standard InChI is InChI=1S/C14H27N3O3S/c1-6-12(10-20-5)16-21(18,19)14-7-13(8-15-4)17(9-14)11(2)3/h7,9,11-12,15-16H,6,8,10H2,1-5H3. The van der Waals surface area contributed by atoms with Crippen molar-refractivity contribution in [3.05, 3.63) is 18.0 Å². The van der Waals surface area contributed by atoms with E-state index in [1.807, 2.05) is 32.4 Å². The molecule has 7 heteroatoms. The van der Waals surface area contributed by atoms with Crippen LogP contribution in [0.3, 0.4) is 0 Å². The molecule has 21 heavy (non-hydrogen) atoms. The molecule has 0 bridgehead atoms. The quantitative estimate of drug-likeness (QED) is 0.724. The predicted octanol–water partition coefficient (Wildman–Crippen LogP) is 1.49. The van der Waals surface area contributed by atoms with E-state index in [1.165, 1.54) is 0 Å². The lowest BCUT2D eigenvalue weighted by molar-refractivity contribution is 0.173. The summed E-state index contributed by atoms with van der Waals surface area (Å²) in [4.78, 5) is 0.302. The van der Waals surface area contributed by atoms with E-state index in [9.17, 15) is 8.42 Å². The summed E-state index contributed by atoms with van der Waals surface area (Å²) >= 11 is 0. The van der Waals surface area contributed by atoms with Crippen LogP contribution in [0.5, 0.6) is 0 Å². The zero-order valence-electron chi connectivity index (χ0n) is 13.5. The maximum atomic E-state index is 12.5. The number of hydrogen-bond acceptors (Lipinski definition) is 4. The number of aromatic nitrogens is 1. The van der Waals surface area contributed by atoms with Crippen molar-refractivity contribution in [3.8, 4) is 0 Å². The summed E-state index contributed by atoms with van der Waals surface area (Å²) in [5.41, 5.74) is 0.952. The van der Waals surface area contributed by atoms with E-state index >= 15 is 0 Å². The Bertz CT molecular complexity index is 538. The third kappa shape index (κ3) is 4.81. The first kappa shape index (κ1) is 18.2. The highest BCUT2D eigenvalue weighted by atomic mass is 32.2. The normalized spacial score (nSPS) is 13.8. The van der Waals surface area contributed by atoms with Crippen molar-refractivity contribution >= 4 is 10.0 Å². The average molecular weight is 317 g/mol. The number of ether oxygens (including phenoxy) is 1. The Labute approximate surface area is 127 Å². The molecule has 0 aliphatic carbocycles. The van der Waals surface area contributed by atoms with E-state index in [1.54, 1.807) is 19.4 Å². The Hall–Kier alpha value is -0.890. The second-order valence-corrected chi connectivity index (χ2v) is 7.09. The highest BCUT2D eigenvalue weighted by Crippen LogP contribution is 2.19. The van der Waals surface area contributed by atoms with E-state index in [-0.39, 0.29) is 12.1 Å². The van der Waals surface area contributed by atoms with Crippen LogP contribution in [0.4, 0.5) is 0 Å². The summed E-state index contributed by atoms with van der Waals surface area (Å²) in [5, 5.41) is 3.06. The molecule has 0 fully saturated rings. The fourth-order valence-corrected chi connectivity index (χ4v) is 3.52. The molecule has 1 atom stereocenters. The molecule has 0 amide bonds. The maximum Gasteiger partial charge on any atom is 0.242 e. The molecule has 1 aromatic rings. The largest absolute Gasteiger partial charge is 0.383 e. The predicted molar refractivity (Wildman–Crippen MR) is 83.9 cm³/mol. The Kier molecular flexibility index (Phi) is 6.86. The van der Waals surface area contributed by atoms with Gasteiger partial charge in [0.05, 0.1) is 11.5 Å². The van der Waals surface area contributed by atoms with Crippen LogP contribution in [0.25, 0.3) is 0 Å². The van der Waals surface area contributed by atoms with Crippen LogP contribution in [0.2, 0.25) is 0 Å². The van der Waals surface area contributed by atoms with Gasteiger partial charge in [0, 0.05) is 37.6 Å². The Morgan fingerprint density at radius 1 is 1.38 bits per heavy atom. The van der Waals surface area contributed by atoms with Crippen molar-refractivity contribution in [2.75, 3.05) is 20.8 Å². The summed E-state index contributed by atoms with van der Waals surface area (Å²) in [6.45, 7) is 6.98. The van der Waals surface area contributed by atoms with Gasteiger partial charge in [0.1, 0.15) is 0 Å². The zero-order chi connectivity index (χ0) is 16.0. The molecule has 1 heterocycles. The molecule has 0 aromatic carbocycles. The number of methoxy groups -OCH3 is 1. The van der Waals surface area contributed by atoms with Gasteiger partial charge in [-0.15, -0.1) is 0 Å². The van der Waals surface area contributed by atoms with Crippen LogP contribution in [0.1, 0.15) is 38.9 Å². The van der Waals surface area contributed by atoms with Crippen molar-refractivity contribution in [1.82, 2.24) is 14.6 Å². The lowest BCUT2D eigenvalue weighted by Crippen LogP contribution is -2.37. The highest BCUT2D eigenvalue weighted by molar-refractivity contribution is 7.89. The fraction of sp³-hybridized carbons (Fsp3) is 0.714. The van der Waals surface area contributed by atoms with Gasteiger partial charge < -0.3 is 14.6 Å². The lowest BCUT2D eigenvalue weighted by Gasteiger charge is -2.15. The molecule has 2 N–H and O–H groups in total. The van der Waals surface area contributed by atoms with Crippen molar-refractivity contribution in [3.63, 3.8) is 0 Å². The summed E-state index contributed by atoms with van der Waals surface area (Å²) in [6.07, 6.45) is 2.38. The summed E-state index contributed by atoms with van der Waals surface area (Å²) in [5.74, 6) is 0. The molecule has 0 aliphatic heterocycles.